The van der Waals surface area contributed by atoms with Crippen LogP contribution in [0.3, 0.4) is 0 Å². The minimum atomic E-state index is -0.277. The van der Waals surface area contributed by atoms with Crippen LogP contribution >= 0.6 is 0 Å². The van der Waals surface area contributed by atoms with Gasteiger partial charge in [0.1, 0.15) is 18.2 Å². The molecule has 1 aromatic carbocycles. The zero-order valence-corrected chi connectivity index (χ0v) is 11.3. The van der Waals surface area contributed by atoms with Gasteiger partial charge in [0, 0.05) is 17.9 Å². The lowest BCUT2D eigenvalue weighted by Crippen LogP contribution is -2.06. The topological polar surface area (TPSA) is 27.1 Å². The fourth-order valence-electron chi connectivity index (χ4n) is 1.93. The number of aromatic nitrogens is 2. The van der Waals surface area contributed by atoms with E-state index in [1.54, 1.807) is 41.1 Å². The summed E-state index contributed by atoms with van der Waals surface area (Å²) in [5.41, 5.74) is 1.58. The van der Waals surface area contributed by atoms with E-state index in [2.05, 4.69) is 4.98 Å². The standard InChI is InChI=1S/C17H15FN2O/c18-15-5-3-14(4-6-15)17-8-7-16(13-19-17)21-12-11-20-9-1-2-10-20/h1-10,13H,11-12H2/i9D,10D. The molecule has 2 heterocycles. The molecule has 0 fully saturated rings. The Kier molecular flexibility index (Phi) is 3.28. The quantitative estimate of drug-likeness (QED) is 0.713. The monoisotopic (exact) mass is 284 g/mol. The lowest BCUT2D eigenvalue weighted by molar-refractivity contribution is 0.297. The molecular weight excluding hydrogens is 267 g/mol. The summed E-state index contributed by atoms with van der Waals surface area (Å²) >= 11 is 0. The molecule has 0 amide bonds. The molecule has 0 aliphatic carbocycles. The molecule has 0 saturated carbocycles. The highest BCUT2D eigenvalue weighted by molar-refractivity contribution is 5.59. The maximum Gasteiger partial charge on any atom is 0.137 e. The summed E-state index contributed by atoms with van der Waals surface area (Å²) in [5.74, 6) is 0.335. The van der Waals surface area contributed by atoms with Crippen LogP contribution in [-0.4, -0.2) is 16.2 Å². The molecule has 0 bridgehead atoms. The summed E-state index contributed by atoms with van der Waals surface area (Å²) in [5, 5.41) is 0. The van der Waals surface area contributed by atoms with Gasteiger partial charge in [-0.3, -0.25) is 4.98 Å². The van der Waals surface area contributed by atoms with Crippen molar-refractivity contribution in [3.05, 3.63) is 72.9 Å². The Bertz CT molecular complexity index is 766. The van der Waals surface area contributed by atoms with Crippen molar-refractivity contribution in [2.75, 3.05) is 6.61 Å². The fourth-order valence-corrected chi connectivity index (χ4v) is 1.93. The van der Waals surface area contributed by atoms with Crippen molar-refractivity contribution in [3.63, 3.8) is 0 Å². The molecule has 0 radical (unpaired) electrons. The predicted molar refractivity (Wildman–Crippen MR) is 79.6 cm³/mol. The molecule has 3 rings (SSSR count). The first kappa shape index (κ1) is 11.1. The van der Waals surface area contributed by atoms with E-state index in [1.165, 1.54) is 12.1 Å². The number of rotatable bonds is 5. The molecule has 0 unspecified atom stereocenters. The number of pyridine rings is 1. The van der Waals surface area contributed by atoms with Gasteiger partial charge >= 0.3 is 0 Å². The first-order valence-electron chi connectivity index (χ1n) is 7.61. The molecule has 0 saturated heterocycles. The molecule has 0 aliphatic heterocycles. The van der Waals surface area contributed by atoms with Crippen LogP contribution in [0.4, 0.5) is 4.39 Å². The van der Waals surface area contributed by atoms with Crippen molar-refractivity contribution in [3.8, 4) is 17.0 Å². The van der Waals surface area contributed by atoms with E-state index in [-0.39, 0.29) is 5.82 Å². The molecule has 0 atom stereocenters. The first-order chi connectivity index (χ1) is 11.1. The summed E-state index contributed by atoms with van der Waals surface area (Å²) in [4.78, 5) is 4.30. The number of benzene rings is 1. The van der Waals surface area contributed by atoms with E-state index in [4.69, 9.17) is 7.48 Å². The summed E-state index contributed by atoms with van der Waals surface area (Å²) in [7, 11) is 0. The van der Waals surface area contributed by atoms with Crippen LogP contribution in [0.1, 0.15) is 2.74 Å². The second-order valence-electron chi connectivity index (χ2n) is 4.48. The minimum Gasteiger partial charge on any atom is -0.490 e. The highest BCUT2D eigenvalue weighted by Crippen LogP contribution is 2.19. The van der Waals surface area contributed by atoms with Crippen molar-refractivity contribution < 1.29 is 11.9 Å². The van der Waals surface area contributed by atoms with E-state index < -0.39 is 0 Å². The molecule has 3 aromatic rings. The second-order valence-corrected chi connectivity index (χ2v) is 4.48. The lowest BCUT2D eigenvalue weighted by atomic mass is 10.1. The Labute approximate surface area is 125 Å². The maximum atomic E-state index is 12.9. The molecule has 4 heteroatoms. The van der Waals surface area contributed by atoms with Gasteiger partial charge in [-0.05, 0) is 48.5 Å². The number of halogens is 1. The Morgan fingerprint density at radius 3 is 2.52 bits per heavy atom. The van der Waals surface area contributed by atoms with Gasteiger partial charge in [-0.1, -0.05) is 0 Å². The van der Waals surface area contributed by atoms with Crippen LogP contribution in [0.25, 0.3) is 11.3 Å². The number of nitrogens with zero attached hydrogens (tertiary/aromatic N) is 2. The molecule has 0 N–H and O–H groups in total. The summed E-state index contributed by atoms with van der Waals surface area (Å²) in [6, 6.07) is 12.9. The SMILES string of the molecule is [2H]c1ccc([2H])n1CCOc1ccc(-c2ccc(F)cc2)nc1. The maximum absolute atomic E-state index is 12.9. The molecule has 0 spiro atoms. The number of ether oxygens (including phenoxy) is 1. The highest BCUT2D eigenvalue weighted by Gasteiger charge is 2.01. The summed E-state index contributed by atoms with van der Waals surface area (Å²) in [6.07, 6.45) is 2.20. The molecule has 0 aliphatic rings. The number of hydrogen-bond donors (Lipinski definition) is 0. The molecule has 106 valence electrons. The van der Waals surface area contributed by atoms with Gasteiger partial charge in [0.2, 0.25) is 0 Å². The third-order valence-corrected chi connectivity index (χ3v) is 3.00. The van der Waals surface area contributed by atoms with Crippen LogP contribution in [0.15, 0.2) is 67.1 Å². The van der Waals surface area contributed by atoms with Gasteiger partial charge in [-0.25, -0.2) is 4.39 Å². The van der Waals surface area contributed by atoms with Gasteiger partial charge < -0.3 is 9.30 Å². The van der Waals surface area contributed by atoms with Gasteiger partial charge in [-0.2, -0.15) is 0 Å². The van der Waals surface area contributed by atoms with Gasteiger partial charge in [0.05, 0.1) is 21.2 Å². The van der Waals surface area contributed by atoms with E-state index in [0.717, 1.165) is 11.3 Å². The second kappa shape index (κ2) is 6.22. The fraction of sp³-hybridized carbons (Fsp3) is 0.118. The molecule has 2 aromatic heterocycles. The Hall–Kier alpha value is -2.62. The summed E-state index contributed by atoms with van der Waals surface area (Å²) < 4.78 is 35.4. The minimum absolute atomic E-state index is 0.277. The molecular formula is C17H15FN2O. The number of hydrogen-bond acceptors (Lipinski definition) is 2. The Morgan fingerprint density at radius 1 is 1.10 bits per heavy atom. The van der Waals surface area contributed by atoms with E-state index in [0.29, 0.717) is 31.2 Å². The average Bonchev–Trinajstić information content (AvgIpc) is 2.88. The normalized spacial score (nSPS) is 11.9. The lowest BCUT2D eigenvalue weighted by Gasteiger charge is -2.07. The largest absolute Gasteiger partial charge is 0.490 e. The Balaban J connectivity index is 1.60. The van der Waals surface area contributed by atoms with E-state index in [9.17, 15) is 4.39 Å². The highest BCUT2D eigenvalue weighted by atomic mass is 19.1. The smallest absolute Gasteiger partial charge is 0.137 e. The zero-order chi connectivity index (χ0) is 16.2. The average molecular weight is 284 g/mol. The van der Waals surface area contributed by atoms with Crippen LogP contribution in [0, 0.1) is 5.82 Å². The predicted octanol–water partition coefficient (Wildman–Crippen LogP) is 3.77. The van der Waals surface area contributed by atoms with Crippen molar-refractivity contribution >= 4 is 0 Å². The van der Waals surface area contributed by atoms with E-state index in [1.807, 2.05) is 6.07 Å². The van der Waals surface area contributed by atoms with Crippen LogP contribution < -0.4 is 4.74 Å². The van der Waals surface area contributed by atoms with E-state index >= 15 is 0 Å². The Morgan fingerprint density at radius 2 is 1.86 bits per heavy atom. The first-order valence-corrected chi connectivity index (χ1v) is 6.61. The zero-order valence-electron chi connectivity index (χ0n) is 13.3. The van der Waals surface area contributed by atoms with Crippen molar-refractivity contribution in [1.82, 2.24) is 9.55 Å². The van der Waals surface area contributed by atoms with Crippen molar-refractivity contribution in [1.29, 1.82) is 0 Å². The molecule has 3 nitrogen and oxygen atoms in total. The van der Waals surface area contributed by atoms with Crippen molar-refractivity contribution in [2.45, 2.75) is 6.54 Å². The van der Waals surface area contributed by atoms with Crippen LogP contribution in [0.2, 0.25) is 0 Å². The van der Waals surface area contributed by atoms with Crippen molar-refractivity contribution in [2.24, 2.45) is 0 Å². The third kappa shape index (κ3) is 3.48. The van der Waals surface area contributed by atoms with Gasteiger partial charge in [-0.15, -0.1) is 0 Å². The molecule has 21 heavy (non-hydrogen) atoms. The van der Waals surface area contributed by atoms with Crippen LogP contribution in [0.5, 0.6) is 5.75 Å². The van der Waals surface area contributed by atoms with Crippen LogP contribution in [-0.2, 0) is 6.54 Å². The van der Waals surface area contributed by atoms with Gasteiger partial charge in [0.25, 0.3) is 0 Å². The third-order valence-electron chi connectivity index (χ3n) is 3.00. The summed E-state index contributed by atoms with van der Waals surface area (Å²) in [6.45, 7) is 0.786. The van der Waals surface area contributed by atoms with Gasteiger partial charge in [0.15, 0.2) is 0 Å².